The largest absolute Gasteiger partial charge is 0.497 e. The van der Waals surface area contributed by atoms with Gasteiger partial charge in [0.15, 0.2) is 8.24 Å². The predicted molar refractivity (Wildman–Crippen MR) is 161 cm³/mol. The molecule has 2 aromatic carbocycles. The van der Waals surface area contributed by atoms with Crippen molar-refractivity contribution in [2.45, 2.75) is 71.0 Å². The lowest BCUT2D eigenvalue weighted by Gasteiger charge is -2.58. The lowest BCUT2D eigenvalue weighted by atomic mass is 9.85. The van der Waals surface area contributed by atoms with Crippen LogP contribution in [0.1, 0.15) is 44.7 Å². The maximum Gasteiger partial charge on any atom is 0.221 e. The normalized spacial score (nSPS) is 16.8. The molecule has 6 nitrogen and oxygen atoms in total. The smallest absolute Gasteiger partial charge is 0.221 e. The zero-order valence-corrected chi connectivity index (χ0v) is 26.0. The van der Waals surface area contributed by atoms with Crippen molar-refractivity contribution in [1.29, 1.82) is 0 Å². The maximum absolute atomic E-state index is 13.3. The molecule has 1 aliphatic heterocycles. The summed E-state index contributed by atoms with van der Waals surface area (Å²) >= 11 is 0. The van der Waals surface area contributed by atoms with Crippen LogP contribution >= 0.6 is 0 Å². The van der Waals surface area contributed by atoms with E-state index in [4.69, 9.17) is 18.9 Å². The summed E-state index contributed by atoms with van der Waals surface area (Å²) in [4.78, 5) is 13.3. The zero-order chi connectivity index (χ0) is 29.2. The third kappa shape index (κ3) is 8.14. The second-order valence-corrected chi connectivity index (χ2v) is 16.6. The SMILES string of the molecule is COc1ccc(COCC#CCC2C(=O)N([Si](C)(C)C(C)(C)C)[C@H]2CC#CCOCc2ccc(OC)cc2)cc1. The molecule has 0 radical (unpaired) electrons. The molecule has 7 heteroatoms. The van der Waals surface area contributed by atoms with Crippen molar-refractivity contribution in [1.82, 2.24) is 4.57 Å². The van der Waals surface area contributed by atoms with Crippen molar-refractivity contribution in [3.8, 4) is 35.2 Å². The minimum absolute atomic E-state index is 0.0573. The van der Waals surface area contributed by atoms with Crippen molar-refractivity contribution >= 4 is 14.1 Å². The summed E-state index contributed by atoms with van der Waals surface area (Å²) in [5, 5.41) is 0.0573. The average Bonchev–Trinajstić information content (AvgIpc) is 2.93. The molecule has 3 rings (SSSR count). The van der Waals surface area contributed by atoms with E-state index in [0.717, 1.165) is 22.6 Å². The molecule has 1 heterocycles. The number of rotatable bonds is 11. The number of β-lactam (4-membered cyclic amide) rings is 1. The average molecular weight is 562 g/mol. The van der Waals surface area contributed by atoms with Crippen LogP contribution in [0.15, 0.2) is 48.5 Å². The molecule has 1 saturated heterocycles. The summed E-state index contributed by atoms with van der Waals surface area (Å²) in [6.45, 7) is 12.9. The Kier molecular flexibility index (Phi) is 11.3. The Hall–Kier alpha value is -3.23. The van der Waals surface area contributed by atoms with E-state index in [9.17, 15) is 4.79 Å². The highest BCUT2D eigenvalue weighted by molar-refractivity contribution is 6.80. The molecule has 40 heavy (non-hydrogen) atoms. The third-order valence-corrected chi connectivity index (χ3v) is 13.3. The van der Waals surface area contributed by atoms with Gasteiger partial charge in [-0.3, -0.25) is 4.79 Å². The second-order valence-electron chi connectivity index (χ2n) is 11.5. The summed E-state index contributed by atoms with van der Waals surface area (Å²) in [7, 11) is 1.27. The van der Waals surface area contributed by atoms with E-state index >= 15 is 0 Å². The van der Waals surface area contributed by atoms with Crippen molar-refractivity contribution in [2.75, 3.05) is 27.4 Å². The number of hydrogen-bond acceptors (Lipinski definition) is 5. The van der Waals surface area contributed by atoms with Crippen LogP contribution in [-0.4, -0.2) is 52.2 Å². The first-order valence-electron chi connectivity index (χ1n) is 13.7. The number of nitrogens with zero attached hydrogens (tertiary/aromatic N) is 1. The van der Waals surface area contributed by atoms with Crippen LogP contribution in [-0.2, 0) is 27.5 Å². The molecule has 1 aliphatic rings. The highest BCUT2D eigenvalue weighted by atomic mass is 28.3. The van der Waals surface area contributed by atoms with Crippen LogP contribution in [0, 0.1) is 29.6 Å². The molecular formula is C33H43NO5Si. The fourth-order valence-corrected chi connectivity index (χ4v) is 7.00. The van der Waals surface area contributed by atoms with E-state index in [2.05, 4.69) is 62.1 Å². The summed E-state index contributed by atoms with van der Waals surface area (Å²) in [5.74, 6) is 14.4. The van der Waals surface area contributed by atoms with Crippen LogP contribution < -0.4 is 9.47 Å². The fraction of sp³-hybridized carbons (Fsp3) is 0.485. The Morgan fingerprint density at radius 3 is 1.62 bits per heavy atom. The molecule has 0 spiro atoms. The van der Waals surface area contributed by atoms with Gasteiger partial charge in [-0.2, -0.15) is 0 Å². The molecule has 1 amide bonds. The van der Waals surface area contributed by atoms with Gasteiger partial charge in [0.2, 0.25) is 5.91 Å². The van der Waals surface area contributed by atoms with Gasteiger partial charge in [0.25, 0.3) is 0 Å². The van der Waals surface area contributed by atoms with Gasteiger partial charge in [0.05, 0.1) is 33.4 Å². The molecule has 1 unspecified atom stereocenters. The van der Waals surface area contributed by atoms with Gasteiger partial charge in [0, 0.05) is 18.9 Å². The number of carbonyl (C=O) groups is 1. The topological polar surface area (TPSA) is 57.2 Å². The third-order valence-electron chi connectivity index (χ3n) is 7.88. The maximum atomic E-state index is 13.3. The van der Waals surface area contributed by atoms with Gasteiger partial charge in [-0.1, -0.05) is 81.8 Å². The molecular weight excluding hydrogens is 518 g/mol. The summed E-state index contributed by atoms with van der Waals surface area (Å²) in [6, 6.07) is 15.7. The van der Waals surface area contributed by atoms with Gasteiger partial charge in [-0.15, -0.1) is 0 Å². The Bertz CT molecular complexity index is 1230. The summed E-state index contributed by atoms with van der Waals surface area (Å²) in [6.07, 6.45) is 1.15. The monoisotopic (exact) mass is 561 g/mol. The molecule has 0 N–H and O–H groups in total. The Morgan fingerprint density at radius 2 is 1.20 bits per heavy atom. The molecule has 0 saturated carbocycles. The number of carbonyl (C=O) groups excluding carboxylic acids is 1. The molecule has 2 atom stereocenters. The lowest BCUT2D eigenvalue weighted by molar-refractivity contribution is -0.147. The van der Waals surface area contributed by atoms with E-state index in [1.165, 1.54) is 0 Å². The minimum Gasteiger partial charge on any atom is -0.497 e. The van der Waals surface area contributed by atoms with Gasteiger partial charge < -0.3 is 23.5 Å². The molecule has 2 aromatic rings. The van der Waals surface area contributed by atoms with Crippen molar-refractivity contribution < 1.29 is 23.7 Å². The highest BCUT2D eigenvalue weighted by Gasteiger charge is 2.56. The highest BCUT2D eigenvalue weighted by Crippen LogP contribution is 2.46. The molecule has 1 fully saturated rings. The number of benzene rings is 2. The van der Waals surface area contributed by atoms with Gasteiger partial charge >= 0.3 is 0 Å². The second kappa shape index (κ2) is 14.4. The number of hydrogen-bond donors (Lipinski definition) is 0. The van der Waals surface area contributed by atoms with E-state index in [1.807, 2.05) is 48.5 Å². The molecule has 0 bridgehead atoms. The lowest BCUT2D eigenvalue weighted by Crippen LogP contribution is -2.72. The van der Waals surface area contributed by atoms with E-state index in [0.29, 0.717) is 39.3 Å². The predicted octanol–water partition coefficient (Wildman–Crippen LogP) is 6.06. The minimum atomic E-state index is -2.03. The number of amides is 1. The van der Waals surface area contributed by atoms with Crippen LogP contribution in [0.2, 0.25) is 18.1 Å². The Morgan fingerprint density at radius 1 is 0.750 bits per heavy atom. The van der Waals surface area contributed by atoms with Crippen LogP contribution in [0.5, 0.6) is 11.5 Å². The number of ether oxygens (including phenoxy) is 4. The van der Waals surface area contributed by atoms with Crippen molar-refractivity contribution in [3.05, 3.63) is 59.7 Å². The first kappa shape index (κ1) is 31.3. The molecule has 214 valence electrons. The molecule has 0 aromatic heterocycles. The van der Waals surface area contributed by atoms with E-state index < -0.39 is 8.24 Å². The fourth-order valence-electron chi connectivity index (χ4n) is 4.46. The van der Waals surface area contributed by atoms with Crippen LogP contribution in [0.3, 0.4) is 0 Å². The zero-order valence-electron chi connectivity index (χ0n) is 25.0. The molecule has 0 aliphatic carbocycles. The Balaban J connectivity index is 1.53. The van der Waals surface area contributed by atoms with Crippen molar-refractivity contribution in [3.63, 3.8) is 0 Å². The van der Waals surface area contributed by atoms with Crippen LogP contribution in [0.4, 0.5) is 0 Å². The number of methoxy groups -OCH3 is 2. The standard InChI is InChI=1S/C33H43NO5Si/c1-33(2,3)40(6,7)34-31(13-9-11-23-39-25-27-16-20-29(37-5)21-17-27)30(32(34)35)12-8-10-22-38-24-26-14-18-28(36-4)19-15-26/h14-21,30-31H,12-13,22-25H2,1-7H3/t30?,31-/m0/s1. The van der Waals surface area contributed by atoms with E-state index in [1.54, 1.807) is 14.2 Å². The van der Waals surface area contributed by atoms with Gasteiger partial charge in [-0.05, 0) is 40.4 Å². The van der Waals surface area contributed by atoms with Gasteiger partial charge in [-0.25, -0.2) is 0 Å². The van der Waals surface area contributed by atoms with Gasteiger partial charge in [0.1, 0.15) is 24.7 Å². The first-order chi connectivity index (χ1) is 19.1. The van der Waals surface area contributed by atoms with Crippen molar-refractivity contribution in [2.24, 2.45) is 5.92 Å². The summed E-state index contributed by atoms with van der Waals surface area (Å²) in [5.41, 5.74) is 2.14. The quantitative estimate of drug-likeness (QED) is 0.145. The van der Waals surface area contributed by atoms with E-state index in [-0.39, 0.29) is 22.9 Å². The first-order valence-corrected chi connectivity index (χ1v) is 16.7. The van der Waals surface area contributed by atoms with Crippen LogP contribution in [0.25, 0.3) is 0 Å². The Labute approximate surface area is 241 Å². The summed E-state index contributed by atoms with van der Waals surface area (Å²) < 4.78 is 24.0.